The number of benzene rings is 2. The first-order chi connectivity index (χ1) is 10.5. The van der Waals surface area contributed by atoms with Crippen LogP contribution in [0.3, 0.4) is 0 Å². The summed E-state index contributed by atoms with van der Waals surface area (Å²) >= 11 is 0. The maximum Gasteiger partial charge on any atom is 0.193 e. The average molecular weight is 295 g/mol. The summed E-state index contributed by atoms with van der Waals surface area (Å²) in [5, 5.41) is 0.485. The Balaban J connectivity index is 2.10. The number of ether oxygens (including phenoxy) is 1. The second-order valence-corrected chi connectivity index (χ2v) is 5.42. The van der Waals surface area contributed by atoms with Gasteiger partial charge in [-0.15, -0.1) is 0 Å². The summed E-state index contributed by atoms with van der Waals surface area (Å²) < 4.78 is 11.5. The molecule has 0 saturated heterocycles. The van der Waals surface area contributed by atoms with Crippen molar-refractivity contribution in [3.8, 4) is 17.1 Å². The van der Waals surface area contributed by atoms with Gasteiger partial charge in [0.25, 0.3) is 0 Å². The molecule has 0 aliphatic heterocycles. The van der Waals surface area contributed by atoms with Crippen molar-refractivity contribution in [2.24, 2.45) is 0 Å². The van der Waals surface area contributed by atoms with Gasteiger partial charge in [0.15, 0.2) is 5.43 Å². The van der Waals surface area contributed by atoms with Gasteiger partial charge in [0, 0.05) is 17.3 Å². The summed E-state index contributed by atoms with van der Waals surface area (Å²) in [5.74, 6) is 1.25. The first-order valence-corrected chi connectivity index (χ1v) is 7.13. The van der Waals surface area contributed by atoms with E-state index < -0.39 is 0 Å². The molecule has 0 spiro atoms. The van der Waals surface area contributed by atoms with E-state index in [9.17, 15) is 4.79 Å². The molecular formula is C18H17NO3. The average Bonchev–Trinajstić information content (AvgIpc) is 2.47. The van der Waals surface area contributed by atoms with Crippen molar-refractivity contribution in [1.29, 1.82) is 0 Å². The minimum absolute atomic E-state index is 0.0850. The van der Waals surface area contributed by atoms with E-state index in [2.05, 4.69) is 0 Å². The van der Waals surface area contributed by atoms with Gasteiger partial charge in [0.1, 0.15) is 17.1 Å². The highest BCUT2D eigenvalue weighted by atomic mass is 16.5. The van der Waals surface area contributed by atoms with Crippen LogP contribution in [0.1, 0.15) is 13.8 Å². The number of fused-ring (bicyclic) bond motifs is 1. The first kappa shape index (κ1) is 14.2. The van der Waals surface area contributed by atoms with Crippen LogP contribution >= 0.6 is 0 Å². The Labute approximate surface area is 128 Å². The predicted octanol–water partition coefficient (Wildman–Crippen LogP) is 3.83. The third-order valence-electron chi connectivity index (χ3n) is 3.24. The molecule has 112 valence electrons. The fourth-order valence-electron chi connectivity index (χ4n) is 2.31. The molecule has 2 N–H and O–H groups in total. The molecule has 0 aliphatic rings. The molecule has 0 aliphatic carbocycles. The van der Waals surface area contributed by atoms with Crippen molar-refractivity contribution >= 4 is 16.7 Å². The molecule has 4 heteroatoms. The SMILES string of the molecule is CC(C)Oc1cccc(-c2cc(=O)c3cc(N)ccc3o2)c1. The van der Waals surface area contributed by atoms with Crippen LogP contribution in [0.5, 0.6) is 5.75 Å². The Bertz CT molecular complexity index is 881. The van der Waals surface area contributed by atoms with Crippen molar-refractivity contribution in [3.63, 3.8) is 0 Å². The number of rotatable bonds is 3. The zero-order valence-electron chi connectivity index (χ0n) is 12.5. The molecule has 0 atom stereocenters. The largest absolute Gasteiger partial charge is 0.491 e. The Kier molecular flexibility index (Phi) is 3.59. The van der Waals surface area contributed by atoms with Crippen LogP contribution in [0.25, 0.3) is 22.3 Å². The van der Waals surface area contributed by atoms with Gasteiger partial charge in [-0.1, -0.05) is 12.1 Å². The van der Waals surface area contributed by atoms with Gasteiger partial charge < -0.3 is 14.9 Å². The standard InChI is InChI=1S/C18H17NO3/c1-11(2)21-14-5-3-4-12(8-14)18-10-16(20)15-9-13(19)6-7-17(15)22-18/h3-11H,19H2,1-2H3. The molecule has 1 heterocycles. The van der Waals surface area contributed by atoms with Crippen molar-refractivity contribution in [2.45, 2.75) is 20.0 Å². The van der Waals surface area contributed by atoms with E-state index in [-0.39, 0.29) is 11.5 Å². The summed E-state index contributed by atoms with van der Waals surface area (Å²) in [6.07, 6.45) is 0.0850. The highest BCUT2D eigenvalue weighted by molar-refractivity contribution is 5.81. The number of nitrogen functional groups attached to an aromatic ring is 1. The van der Waals surface area contributed by atoms with Crippen molar-refractivity contribution in [2.75, 3.05) is 5.73 Å². The van der Waals surface area contributed by atoms with Crippen LogP contribution < -0.4 is 15.9 Å². The van der Waals surface area contributed by atoms with Crippen LogP contribution in [0.4, 0.5) is 5.69 Å². The summed E-state index contributed by atoms with van der Waals surface area (Å²) in [5.41, 5.74) is 7.46. The Morgan fingerprint density at radius 1 is 1.09 bits per heavy atom. The molecule has 2 aromatic carbocycles. The lowest BCUT2D eigenvalue weighted by atomic mass is 10.1. The minimum atomic E-state index is -0.112. The lowest BCUT2D eigenvalue weighted by molar-refractivity contribution is 0.242. The quantitative estimate of drug-likeness (QED) is 0.746. The molecule has 22 heavy (non-hydrogen) atoms. The molecule has 0 unspecified atom stereocenters. The van der Waals surface area contributed by atoms with Crippen LogP contribution in [0.15, 0.2) is 57.7 Å². The van der Waals surface area contributed by atoms with E-state index in [1.165, 1.54) is 6.07 Å². The zero-order chi connectivity index (χ0) is 15.7. The highest BCUT2D eigenvalue weighted by Gasteiger charge is 2.08. The van der Waals surface area contributed by atoms with Gasteiger partial charge in [-0.3, -0.25) is 4.79 Å². The van der Waals surface area contributed by atoms with Crippen molar-refractivity contribution in [3.05, 3.63) is 58.8 Å². The van der Waals surface area contributed by atoms with E-state index in [4.69, 9.17) is 14.9 Å². The fourth-order valence-corrected chi connectivity index (χ4v) is 2.31. The maximum absolute atomic E-state index is 12.2. The topological polar surface area (TPSA) is 65.5 Å². The van der Waals surface area contributed by atoms with Crippen LogP contribution in [-0.2, 0) is 0 Å². The Morgan fingerprint density at radius 2 is 1.91 bits per heavy atom. The second-order valence-electron chi connectivity index (χ2n) is 5.42. The van der Waals surface area contributed by atoms with E-state index in [0.29, 0.717) is 22.4 Å². The maximum atomic E-state index is 12.2. The van der Waals surface area contributed by atoms with E-state index in [0.717, 1.165) is 11.3 Å². The lowest BCUT2D eigenvalue weighted by Gasteiger charge is -2.11. The van der Waals surface area contributed by atoms with Crippen LogP contribution in [0.2, 0.25) is 0 Å². The predicted molar refractivity (Wildman–Crippen MR) is 88.1 cm³/mol. The molecule has 0 amide bonds. The van der Waals surface area contributed by atoms with Gasteiger partial charge in [-0.2, -0.15) is 0 Å². The summed E-state index contributed by atoms with van der Waals surface area (Å²) in [7, 11) is 0. The molecule has 0 fully saturated rings. The molecule has 0 radical (unpaired) electrons. The summed E-state index contributed by atoms with van der Waals surface area (Å²) in [6.45, 7) is 3.93. The van der Waals surface area contributed by atoms with E-state index >= 15 is 0 Å². The molecule has 4 nitrogen and oxygen atoms in total. The van der Waals surface area contributed by atoms with Crippen LogP contribution in [0, 0.1) is 0 Å². The lowest BCUT2D eigenvalue weighted by Crippen LogP contribution is -2.05. The van der Waals surface area contributed by atoms with Crippen molar-refractivity contribution in [1.82, 2.24) is 0 Å². The third kappa shape index (κ3) is 2.81. The third-order valence-corrected chi connectivity index (χ3v) is 3.24. The molecular weight excluding hydrogens is 278 g/mol. The second kappa shape index (κ2) is 5.56. The molecule has 1 aromatic heterocycles. The van der Waals surface area contributed by atoms with Gasteiger partial charge in [0.2, 0.25) is 0 Å². The fraction of sp³-hybridized carbons (Fsp3) is 0.167. The molecule has 3 rings (SSSR count). The van der Waals surface area contributed by atoms with Crippen molar-refractivity contribution < 1.29 is 9.15 Å². The Hall–Kier alpha value is -2.75. The smallest absolute Gasteiger partial charge is 0.193 e. The van der Waals surface area contributed by atoms with E-state index in [1.807, 2.05) is 38.1 Å². The van der Waals surface area contributed by atoms with Gasteiger partial charge in [0.05, 0.1) is 11.5 Å². The van der Waals surface area contributed by atoms with Gasteiger partial charge in [-0.05, 0) is 44.2 Å². The number of hydrogen-bond donors (Lipinski definition) is 1. The monoisotopic (exact) mass is 295 g/mol. The number of anilines is 1. The van der Waals surface area contributed by atoms with Gasteiger partial charge >= 0.3 is 0 Å². The molecule has 3 aromatic rings. The molecule has 0 bridgehead atoms. The Morgan fingerprint density at radius 3 is 2.68 bits per heavy atom. The van der Waals surface area contributed by atoms with Crippen LogP contribution in [-0.4, -0.2) is 6.10 Å². The summed E-state index contributed by atoms with van der Waals surface area (Å²) in [4.78, 5) is 12.2. The first-order valence-electron chi connectivity index (χ1n) is 7.13. The zero-order valence-corrected chi connectivity index (χ0v) is 12.5. The van der Waals surface area contributed by atoms with E-state index in [1.54, 1.807) is 18.2 Å². The van der Waals surface area contributed by atoms with Gasteiger partial charge in [-0.25, -0.2) is 0 Å². The number of nitrogens with two attached hydrogens (primary N) is 1. The number of hydrogen-bond acceptors (Lipinski definition) is 4. The molecule has 0 saturated carbocycles. The summed E-state index contributed by atoms with van der Waals surface area (Å²) in [6, 6.07) is 14.0. The normalized spacial score (nSPS) is 11.0. The highest BCUT2D eigenvalue weighted by Crippen LogP contribution is 2.26. The minimum Gasteiger partial charge on any atom is -0.491 e.